The molecule has 120 valence electrons. The lowest BCUT2D eigenvalue weighted by atomic mass is 10.2. The summed E-state index contributed by atoms with van der Waals surface area (Å²) in [7, 11) is 0. The van der Waals surface area contributed by atoms with E-state index in [0.29, 0.717) is 10.7 Å². The molecule has 0 saturated carbocycles. The van der Waals surface area contributed by atoms with Crippen LogP contribution in [-0.2, 0) is 9.59 Å². The molecule has 0 bridgehead atoms. The van der Waals surface area contributed by atoms with E-state index in [1.807, 2.05) is 6.92 Å². The van der Waals surface area contributed by atoms with Crippen molar-refractivity contribution in [3.63, 3.8) is 0 Å². The first-order valence-electron chi connectivity index (χ1n) is 6.83. The van der Waals surface area contributed by atoms with Crippen molar-refractivity contribution in [2.75, 3.05) is 5.32 Å². The summed E-state index contributed by atoms with van der Waals surface area (Å²) >= 11 is 5.99. The van der Waals surface area contributed by atoms with Crippen LogP contribution >= 0.6 is 11.6 Å². The highest BCUT2D eigenvalue weighted by molar-refractivity contribution is 6.31. The van der Waals surface area contributed by atoms with Crippen molar-refractivity contribution in [3.8, 4) is 0 Å². The summed E-state index contributed by atoms with van der Waals surface area (Å²) < 4.78 is 0. The minimum atomic E-state index is -0.390. The van der Waals surface area contributed by atoms with Gasteiger partial charge in [0.05, 0.1) is 6.04 Å². The summed E-state index contributed by atoms with van der Waals surface area (Å²) in [6.07, 6.45) is -0.439. The molecule has 1 fully saturated rings. The Labute approximate surface area is 133 Å². The fraction of sp³-hybridized carbons (Fsp3) is 0.385. The second-order valence-corrected chi connectivity index (χ2v) is 5.42. The van der Waals surface area contributed by atoms with Crippen LogP contribution in [0.25, 0.3) is 0 Å². The van der Waals surface area contributed by atoms with Crippen LogP contribution in [0.15, 0.2) is 18.2 Å². The van der Waals surface area contributed by atoms with Gasteiger partial charge in [-0.1, -0.05) is 17.7 Å². The smallest absolute Gasteiger partial charge is 0.233 e. The summed E-state index contributed by atoms with van der Waals surface area (Å²) in [6.45, 7) is 3.62. The number of anilines is 1. The third-order valence-corrected chi connectivity index (χ3v) is 3.68. The first-order valence-corrected chi connectivity index (χ1v) is 7.20. The van der Waals surface area contributed by atoms with Crippen LogP contribution in [-0.4, -0.2) is 24.0 Å². The molecule has 2 amide bonds. The van der Waals surface area contributed by atoms with Gasteiger partial charge in [0.2, 0.25) is 11.8 Å². The molecule has 1 aromatic rings. The standard InChI is InChI=1S/C13H19ClN6O2/c1-7-9(14)4-3-5-10(7)16-12(22)6-11(21)15-8(2)13-17-19-20-18-13/h3-5,8,13,17-20H,6H2,1-2H3,(H,15,21)(H,16,22). The van der Waals surface area contributed by atoms with Crippen molar-refractivity contribution in [1.82, 2.24) is 27.2 Å². The molecule has 2 rings (SSSR count). The van der Waals surface area contributed by atoms with Crippen LogP contribution in [0.2, 0.25) is 5.02 Å². The lowest BCUT2D eigenvalue weighted by Crippen LogP contribution is -2.52. The monoisotopic (exact) mass is 326 g/mol. The van der Waals surface area contributed by atoms with Gasteiger partial charge in [0, 0.05) is 10.7 Å². The summed E-state index contributed by atoms with van der Waals surface area (Å²) in [5, 5.41) is 5.98. The molecule has 9 heteroatoms. The number of nitrogens with one attached hydrogen (secondary N) is 6. The lowest BCUT2D eigenvalue weighted by molar-refractivity contribution is -0.127. The van der Waals surface area contributed by atoms with Crippen LogP contribution < -0.4 is 32.6 Å². The minimum Gasteiger partial charge on any atom is -0.350 e. The highest BCUT2D eigenvalue weighted by atomic mass is 35.5. The van der Waals surface area contributed by atoms with E-state index < -0.39 is 5.91 Å². The van der Waals surface area contributed by atoms with Crippen molar-refractivity contribution in [2.24, 2.45) is 0 Å². The number of rotatable bonds is 5. The van der Waals surface area contributed by atoms with Crippen LogP contribution in [0.4, 0.5) is 5.69 Å². The van der Waals surface area contributed by atoms with E-state index in [4.69, 9.17) is 11.6 Å². The van der Waals surface area contributed by atoms with Gasteiger partial charge in [0.1, 0.15) is 12.6 Å². The second kappa shape index (κ2) is 7.52. The molecule has 1 aromatic carbocycles. The molecule has 1 aliphatic heterocycles. The van der Waals surface area contributed by atoms with Gasteiger partial charge in [0.25, 0.3) is 0 Å². The molecule has 0 aliphatic carbocycles. The van der Waals surface area contributed by atoms with Gasteiger partial charge in [-0.3, -0.25) is 9.59 Å². The summed E-state index contributed by atoms with van der Waals surface area (Å²) in [5.74, 6) is -0.751. The average Bonchev–Trinajstić information content (AvgIpc) is 2.97. The van der Waals surface area contributed by atoms with Crippen molar-refractivity contribution in [1.29, 1.82) is 0 Å². The van der Waals surface area contributed by atoms with Gasteiger partial charge in [-0.15, -0.1) is 0 Å². The summed E-state index contributed by atoms with van der Waals surface area (Å²) in [5.41, 5.74) is 12.4. The van der Waals surface area contributed by atoms with Gasteiger partial charge in [0.15, 0.2) is 0 Å². The quantitative estimate of drug-likeness (QED) is 0.423. The zero-order chi connectivity index (χ0) is 16.1. The van der Waals surface area contributed by atoms with E-state index in [1.54, 1.807) is 25.1 Å². The molecule has 8 nitrogen and oxygen atoms in total. The number of carbonyl (C=O) groups excluding carboxylic acids is 2. The fourth-order valence-corrected chi connectivity index (χ4v) is 2.16. The lowest BCUT2D eigenvalue weighted by Gasteiger charge is -2.19. The van der Waals surface area contributed by atoms with Gasteiger partial charge in [-0.2, -0.15) is 11.1 Å². The van der Waals surface area contributed by atoms with Crippen LogP contribution in [0.1, 0.15) is 18.9 Å². The molecule has 1 atom stereocenters. The molecule has 0 radical (unpaired) electrons. The first-order chi connectivity index (χ1) is 10.5. The SMILES string of the molecule is Cc1c(Cl)cccc1NC(=O)CC(=O)NC(C)C1NNNN1. The largest absolute Gasteiger partial charge is 0.350 e. The van der Waals surface area contributed by atoms with Crippen LogP contribution in [0.5, 0.6) is 0 Å². The van der Waals surface area contributed by atoms with Gasteiger partial charge >= 0.3 is 0 Å². The van der Waals surface area contributed by atoms with Crippen LogP contribution in [0, 0.1) is 6.92 Å². The zero-order valence-corrected chi connectivity index (χ0v) is 13.0. The first kappa shape index (κ1) is 16.7. The van der Waals surface area contributed by atoms with E-state index in [2.05, 4.69) is 32.6 Å². The number of halogens is 1. The van der Waals surface area contributed by atoms with Gasteiger partial charge in [-0.05, 0) is 31.5 Å². The fourth-order valence-electron chi connectivity index (χ4n) is 1.99. The number of hydrazine groups is 3. The molecule has 22 heavy (non-hydrogen) atoms. The summed E-state index contributed by atoms with van der Waals surface area (Å²) in [6, 6.07) is 5.01. The maximum absolute atomic E-state index is 11.9. The molecule has 0 aromatic heterocycles. The maximum atomic E-state index is 11.9. The van der Waals surface area contributed by atoms with Gasteiger partial charge < -0.3 is 10.6 Å². The Morgan fingerprint density at radius 3 is 2.64 bits per heavy atom. The van der Waals surface area contributed by atoms with Gasteiger partial charge in [-0.25, -0.2) is 10.9 Å². The molecule has 1 unspecified atom stereocenters. The van der Waals surface area contributed by atoms with Crippen molar-refractivity contribution in [2.45, 2.75) is 32.5 Å². The molecule has 1 heterocycles. The Hall–Kier alpha value is -1.71. The van der Waals surface area contributed by atoms with E-state index >= 15 is 0 Å². The normalized spacial score (nSPS) is 16.3. The minimum absolute atomic E-state index is 0.179. The molecule has 1 saturated heterocycles. The third-order valence-electron chi connectivity index (χ3n) is 3.27. The highest BCUT2D eigenvalue weighted by Crippen LogP contribution is 2.22. The van der Waals surface area contributed by atoms with E-state index in [1.165, 1.54) is 0 Å². The number of carbonyl (C=O) groups is 2. The number of hydrogen-bond acceptors (Lipinski definition) is 6. The van der Waals surface area contributed by atoms with Crippen molar-refractivity contribution in [3.05, 3.63) is 28.8 Å². The predicted octanol–water partition coefficient (Wildman–Crippen LogP) is -0.0752. The topological polar surface area (TPSA) is 106 Å². The Balaban J connectivity index is 1.83. The molecule has 6 N–H and O–H groups in total. The van der Waals surface area contributed by atoms with Crippen molar-refractivity contribution >= 4 is 29.1 Å². The Kier molecular flexibility index (Phi) is 5.69. The molecule has 1 aliphatic rings. The Morgan fingerprint density at radius 2 is 1.95 bits per heavy atom. The number of hydrogen-bond donors (Lipinski definition) is 6. The van der Waals surface area contributed by atoms with Crippen LogP contribution in [0.3, 0.4) is 0 Å². The summed E-state index contributed by atoms with van der Waals surface area (Å²) in [4.78, 5) is 23.8. The highest BCUT2D eigenvalue weighted by Gasteiger charge is 2.22. The second-order valence-electron chi connectivity index (χ2n) is 5.01. The predicted molar refractivity (Wildman–Crippen MR) is 83.4 cm³/mol. The maximum Gasteiger partial charge on any atom is 0.233 e. The molecular formula is C13H19ClN6O2. The third kappa shape index (κ3) is 4.39. The molecular weight excluding hydrogens is 308 g/mol. The van der Waals surface area contributed by atoms with E-state index in [0.717, 1.165) is 5.56 Å². The number of benzene rings is 1. The Morgan fingerprint density at radius 1 is 1.27 bits per heavy atom. The van der Waals surface area contributed by atoms with E-state index in [9.17, 15) is 9.59 Å². The van der Waals surface area contributed by atoms with Crippen molar-refractivity contribution < 1.29 is 9.59 Å². The Bertz CT molecular complexity index is 561. The number of amides is 2. The van der Waals surface area contributed by atoms with E-state index in [-0.39, 0.29) is 24.5 Å². The average molecular weight is 327 g/mol. The molecule has 0 spiro atoms. The zero-order valence-electron chi connectivity index (χ0n) is 12.3.